The highest BCUT2D eigenvalue weighted by Gasteiger charge is 2.17. The SMILES string of the molecule is CC(C)n1cc(NS(=O)(=O)c2ccc(N)c(F)c2)cn1. The lowest BCUT2D eigenvalue weighted by Crippen LogP contribution is -2.13. The third kappa shape index (κ3) is 2.90. The molecule has 1 heterocycles. The van der Waals surface area contributed by atoms with Crippen molar-refractivity contribution in [2.24, 2.45) is 0 Å². The van der Waals surface area contributed by atoms with Crippen LogP contribution in [0.3, 0.4) is 0 Å². The molecule has 0 saturated carbocycles. The maximum absolute atomic E-state index is 13.3. The number of rotatable bonds is 4. The summed E-state index contributed by atoms with van der Waals surface area (Å²) in [4.78, 5) is -0.193. The summed E-state index contributed by atoms with van der Waals surface area (Å²) >= 11 is 0. The molecule has 0 aliphatic carbocycles. The van der Waals surface area contributed by atoms with Gasteiger partial charge < -0.3 is 5.73 Å². The summed E-state index contributed by atoms with van der Waals surface area (Å²) in [7, 11) is -3.86. The first kappa shape index (κ1) is 14.3. The number of benzene rings is 1. The van der Waals surface area contributed by atoms with E-state index in [9.17, 15) is 12.8 Å². The number of sulfonamides is 1. The third-order valence-electron chi connectivity index (χ3n) is 2.67. The van der Waals surface area contributed by atoms with Gasteiger partial charge in [0.15, 0.2) is 0 Å². The van der Waals surface area contributed by atoms with Gasteiger partial charge in [0.1, 0.15) is 5.82 Å². The zero-order chi connectivity index (χ0) is 14.9. The highest BCUT2D eigenvalue weighted by Crippen LogP contribution is 2.20. The molecule has 0 amide bonds. The Labute approximate surface area is 116 Å². The molecule has 3 N–H and O–H groups in total. The molecule has 1 aromatic heterocycles. The average Bonchev–Trinajstić information content (AvgIpc) is 2.80. The van der Waals surface area contributed by atoms with Crippen molar-refractivity contribution < 1.29 is 12.8 Å². The number of nitrogens with two attached hydrogens (primary N) is 1. The Kier molecular flexibility index (Phi) is 3.67. The maximum atomic E-state index is 13.3. The summed E-state index contributed by atoms with van der Waals surface area (Å²) < 4.78 is 41.5. The molecule has 0 radical (unpaired) electrons. The fraction of sp³-hybridized carbons (Fsp3) is 0.250. The van der Waals surface area contributed by atoms with E-state index >= 15 is 0 Å². The second kappa shape index (κ2) is 5.12. The van der Waals surface area contributed by atoms with Crippen LogP contribution in [0.5, 0.6) is 0 Å². The first-order chi connectivity index (χ1) is 9.29. The first-order valence-electron chi connectivity index (χ1n) is 5.91. The Hall–Kier alpha value is -2.09. The predicted octanol–water partition coefficient (Wildman–Crippen LogP) is 1.99. The Balaban J connectivity index is 2.28. The molecule has 0 bridgehead atoms. The van der Waals surface area contributed by atoms with Gasteiger partial charge in [0, 0.05) is 12.2 Å². The number of nitrogen functional groups attached to an aromatic ring is 1. The number of hydrogen-bond acceptors (Lipinski definition) is 4. The van der Waals surface area contributed by atoms with Gasteiger partial charge in [-0.1, -0.05) is 0 Å². The van der Waals surface area contributed by atoms with Crippen LogP contribution < -0.4 is 10.5 Å². The van der Waals surface area contributed by atoms with E-state index in [4.69, 9.17) is 5.73 Å². The van der Waals surface area contributed by atoms with Crippen molar-refractivity contribution >= 4 is 21.4 Å². The normalized spacial score (nSPS) is 11.8. The lowest BCUT2D eigenvalue weighted by molar-refractivity contribution is 0.532. The van der Waals surface area contributed by atoms with Crippen molar-refractivity contribution in [3.05, 3.63) is 36.4 Å². The molecule has 0 fully saturated rings. The largest absolute Gasteiger partial charge is 0.396 e. The second-order valence-electron chi connectivity index (χ2n) is 4.59. The van der Waals surface area contributed by atoms with Gasteiger partial charge in [-0.15, -0.1) is 0 Å². The Bertz CT molecular complexity index is 725. The number of halogens is 1. The molecule has 108 valence electrons. The van der Waals surface area contributed by atoms with Gasteiger partial charge >= 0.3 is 0 Å². The molecule has 20 heavy (non-hydrogen) atoms. The van der Waals surface area contributed by atoms with Crippen LogP contribution in [0.1, 0.15) is 19.9 Å². The van der Waals surface area contributed by atoms with Crippen LogP contribution in [0.25, 0.3) is 0 Å². The van der Waals surface area contributed by atoms with Crippen molar-refractivity contribution in [2.75, 3.05) is 10.5 Å². The number of hydrogen-bond donors (Lipinski definition) is 2. The lowest BCUT2D eigenvalue weighted by Gasteiger charge is -2.07. The van der Waals surface area contributed by atoms with E-state index in [-0.39, 0.29) is 16.6 Å². The van der Waals surface area contributed by atoms with E-state index in [1.807, 2.05) is 13.8 Å². The number of nitrogens with one attached hydrogen (secondary N) is 1. The van der Waals surface area contributed by atoms with Gasteiger partial charge in [-0.05, 0) is 32.0 Å². The molecule has 0 saturated heterocycles. The smallest absolute Gasteiger partial charge is 0.262 e. The van der Waals surface area contributed by atoms with E-state index in [0.29, 0.717) is 5.69 Å². The fourth-order valence-electron chi connectivity index (χ4n) is 1.56. The van der Waals surface area contributed by atoms with E-state index in [2.05, 4.69) is 9.82 Å². The van der Waals surface area contributed by atoms with Crippen LogP contribution in [-0.4, -0.2) is 18.2 Å². The van der Waals surface area contributed by atoms with Gasteiger partial charge in [0.2, 0.25) is 0 Å². The van der Waals surface area contributed by atoms with E-state index in [1.165, 1.54) is 18.3 Å². The highest BCUT2D eigenvalue weighted by atomic mass is 32.2. The molecule has 6 nitrogen and oxygen atoms in total. The molecule has 0 aliphatic heterocycles. The molecule has 2 rings (SSSR count). The van der Waals surface area contributed by atoms with E-state index in [0.717, 1.165) is 6.07 Å². The maximum Gasteiger partial charge on any atom is 0.262 e. The second-order valence-corrected chi connectivity index (χ2v) is 6.27. The minimum atomic E-state index is -3.86. The molecular weight excluding hydrogens is 283 g/mol. The van der Waals surface area contributed by atoms with Crippen molar-refractivity contribution in [2.45, 2.75) is 24.8 Å². The molecule has 0 unspecified atom stereocenters. The van der Waals surface area contributed by atoms with Crippen LogP contribution in [0.15, 0.2) is 35.5 Å². The number of nitrogens with zero attached hydrogens (tertiary/aromatic N) is 2. The topological polar surface area (TPSA) is 90.0 Å². The lowest BCUT2D eigenvalue weighted by atomic mass is 10.3. The van der Waals surface area contributed by atoms with Gasteiger partial charge in [-0.3, -0.25) is 9.40 Å². The molecule has 0 spiro atoms. The summed E-state index contributed by atoms with van der Waals surface area (Å²) in [6.07, 6.45) is 2.96. The number of aromatic nitrogens is 2. The zero-order valence-corrected chi connectivity index (χ0v) is 11.9. The van der Waals surface area contributed by atoms with Gasteiger partial charge in [-0.2, -0.15) is 5.10 Å². The molecule has 0 atom stereocenters. The van der Waals surface area contributed by atoms with Crippen molar-refractivity contribution in [3.8, 4) is 0 Å². The summed E-state index contributed by atoms with van der Waals surface area (Å²) in [6, 6.07) is 3.45. The van der Waals surface area contributed by atoms with Crippen molar-refractivity contribution in [3.63, 3.8) is 0 Å². The molecule has 2 aromatic rings. The van der Waals surface area contributed by atoms with Crippen LogP contribution in [0, 0.1) is 5.82 Å². The molecule has 8 heteroatoms. The summed E-state index contributed by atoms with van der Waals surface area (Å²) in [5.74, 6) is -0.772. The van der Waals surface area contributed by atoms with Crippen molar-refractivity contribution in [1.82, 2.24) is 9.78 Å². The summed E-state index contributed by atoms with van der Waals surface area (Å²) in [5.41, 5.74) is 5.53. The summed E-state index contributed by atoms with van der Waals surface area (Å²) in [5, 5.41) is 4.02. The van der Waals surface area contributed by atoms with Gasteiger partial charge in [0.05, 0.1) is 22.5 Å². The van der Waals surface area contributed by atoms with Crippen LogP contribution in [0.4, 0.5) is 15.8 Å². The van der Waals surface area contributed by atoms with Gasteiger partial charge in [0.25, 0.3) is 10.0 Å². The van der Waals surface area contributed by atoms with E-state index < -0.39 is 15.8 Å². The van der Waals surface area contributed by atoms with Crippen molar-refractivity contribution in [1.29, 1.82) is 0 Å². The first-order valence-corrected chi connectivity index (χ1v) is 7.40. The zero-order valence-electron chi connectivity index (χ0n) is 11.0. The third-order valence-corrected chi connectivity index (χ3v) is 4.04. The van der Waals surface area contributed by atoms with Crippen LogP contribution in [0.2, 0.25) is 0 Å². The quantitative estimate of drug-likeness (QED) is 0.845. The minimum absolute atomic E-state index is 0.100. The Morgan fingerprint density at radius 3 is 2.65 bits per heavy atom. The number of anilines is 2. The summed E-state index contributed by atoms with van der Waals surface area (Å²) in [6.45, 7) is 3.83. The Morgan fingerprint density at radius 1 is 1.40 bits per heavy atom. The van der Waals surface area contributed by atoms with Crippen LogP contribution in [-0.2, 0) is 10.0 Å². The fourth-order valence-corrected chi connectivity index (χ4v) is 2.60. The predicted molar refractivity (Wildman–Crippen MR) is 74.2 cm³/mol. The highest BCUT2D eigenvalue weighted by molar-refractivity contribution is 7.92. The average molecular weight is 298 g/mol. The van der Waals surface area contributed by atoms with E-state index in [1.54, 1.807) is 10.9 Å². The molecular formula is C12H15FN4O2S. The van der Waals surface area contributed by atoms with Crippen LogP contribution >= 0.6 is 0 Å². The molecule has 1 aromatic carbocycles. The van der Waals surface area contributed by atoms with Gasteiger partial charge in [-0.25, -0.2) is 12.8 Å². The minimum Gasteiger partial charge on any atom is -0.396 e. The monoisotopic (exact) mass is 298 g/mol. The Morgan fingerprint density at radius 2 is 2.10 bits per heavy atom. The standard InChI is InChI=1S/C12H15FN4O2S/c1-8(2)17-7-9(6-15-17)16-20(18,19)10-3-4-12(14)11(13)5-10/h3-8,16H,14H2,1-2H3. The molecule has 0 aliphatic rings.